The number of amides is 1. The van der Waals surface area contributed by atoms with Gasteiger partial charge in [-0.3, -0.25) is 4.79 Å². The zero-order valence-electron chi connectivity index (χ0n) is 12.6. The highest BCUT2D eigenvalue weighted by Crippen LogP contribution is 2.20. The quantitative estimate of drug-likeness (QED) is 0.670. The van der Waals surface area contributed by atoms with Crippen molar-refractivity contribution < 1.29 is 9.90 Å². The molecule has 0 radical (unpaired) electrons. The van der Waals surface area contributed by atoms with Gasteiger partial charge in [0, 0.05) is 18.7 Å². The summed E-state index contributed by atoms with van der Waals surface area (Å²) in [4.78, 5) is 11.9. The number of anilines is 1. The molecular formula is C16H26N2O2. The lowest BCUT2D eigenvalue weighted by molar-refractivity contribution is -0.122. The maximum absolute atomic E-state index is 11.9. The third-order valence-electron chi connectivity index (χ3n) is 3.93. The Hall–Kier alpha value is -1.55. The number of carbonyl (C=O) groups is 1. The molecule has 0 saturated carbocycles. The number of hydrogen-bond acceptors (Lipinski definition) is 3. The molecule has 20 heavy (non-hydrogen) atoms. The summed E-state index contributed by atoms with van der Waals surface area (Å²) >= 11 is 0. The van der Waals surface area contributed by atoms with Gasteiger partial charge in [0.2, 0.25) is 5.91 Å². The van der Waals surface area contributed by atoms with E-state index in [4.69, 9.17) is 5.73 Å². The molecule has 1 rings (SSSR count). The SMILES string of the molecule is CCC(O)(CC)CNC(=O)CC(C)c1ccc(N)cc1. The molecule has 0 spiro atoms. The van der Waals surface area contributed by atoms with E-state index in [1.807, 2.05) is 45.0 Å². The average Bonchev–Trinajstić information content (AvgIpc) is 2.45. The molecule has 0 aromatic heterocycles. The standard InChI is InChI=1S/C16H26N2O2/c1-4-16(20,5-2)11-18-15(19)10-12(3)13-6-8-14(17)9-7-13/h6-9,12,20H,4-5,10-11,17H2,1-3H3,(H,18,19). The molecule has 4 nitrogen and oxygen atoms in total. The second-order valence-electron chi connectivity index (χ2n) is 5.48. The highest BCUT2D eigenvalue weighted by molar-refractivity contribution is 5.76. The Morgan fingerprint density at radius 1 is 1.30 bits per heavy atom. The summed E-state index contributed by atoms with van der Waals surface area (Å²) in [5.41, 5.74) is 6.67. The number of nitrogens with one attached hydrogen (secondary N) is 1. The first-order chi connectivity index (χ1) is 9.40. The van der Waals surface area contributed by atoms with Crippen LogP contribution in [-0.2, 0) is 4.79 Å². The summed E-state index contributed by atoms with van der Waals surface area (Å²) in [5.74, 6) is 0.0987. The van der Waals surface area contributed by atoms with Crippen molar-refractivity contribution in [1.82, 2.24) is 5.32 Å². The maximum Gasteiger partial charge on any atom is 0.220 e. The average molecular weight is 278 g/mol. The molecule has 112 valence electrons. The number of benzene rings is 1. The highest BCUT2D eigenvalue weighted by atomic mass is 16.3. The first-order valence-electron chi connectivity index (χ1n) is 7.24. The van der Waals surface area contributed by atoms with Crippen LogP contribution in [0.2, 0.25) is 0 Å². The van der Waals surface area contributed by atoms with Gasteiger partial charge in [-0.25, -0.2) is 0 Å². The number of hydrogen-bond donors (Lipinski definition) is 3. The Kier molecular flexibility index (Phi) is 6.02. The van der Waals surface area contributed by atoms with E-state index in [1.54, 1.807) is 0 Å². The molecule has 0 aliphatic heterocycles. The Morgan fingerprint density at radius 3 is 2.35 bits per heavy atom. The Bertz CT molecular complexity index is 425. The van der Waals surface area contributed by atoms with Crippen LogP contribution in [0.5, 0.6) is 0 Å². The van der Waals surface area contributed by atoms with E-state index in [1.165, 1.54) is 0 Å². The molecule has 1 unspecified atom stereocenters. The normalized spacial score (nSPS) is 13.0. The molecule has 0 bridgehead atoms. The van der Waals surface area contributed by atoms with Gasteiger partial charge in [0.25, 0.3) is 0 Å². The predicted molar refractivity (Wildman–Crippen MR) is 82.4 cm³/mol. The van der Waals surface area contributed by atoms with E-state index in [0.717, 1.165) is 11.3 Å². The smallest absolute Gasteiger partial charge is 0.220 e. The van der Waals surface area contributed by atoms with E-state index in [9.17, 15) is 9.90 Å². The summed E-state index contributed by atoms with van der Waals surface area (Å²) in [6, 6.07) is 7.58. The van der Waals surface area contributed by atoms with Crippen molar-refractivity contribution >= 4 is 11.6 Å². The van der Waals surface area contributed by atoms with Crippen molar-refractivity contribution in [2.75, 3.05) is 12.3 Å². The van der Waals surface area contributed by atoms with E-state index in [0.29, 0.717) is 25.8 Å². The van der Waals surface area contributed by atoms with Gasteiger partial charge in [-0.1, -0.05) is 32.9 Å². The summed E-state index contributed by atoms with van der Waals surface area (Å²) in [5, 5.41) is 13.0. The molecule has 0 saturated heterocycles. The molecule has 4 heteroatoms. The molecule has 4 N–H and O–H groups in total. The predicted octanol–water partition coefficient (Wildman–Crippen LogP) is 2.43. The van der Waals surface area contributed by atoms with E-state index in [-0.39, 0.29) is 11.8 Å². The molecule has 0 heterocycles. The van der Waals surface area contributed by atoms with Crippen molar-refractivity contribution in [3.63, 3.8) is 0 Å². The van der Waals surface area contributed by atoms with E-state index < -0.39 is 5.60 Å². The van der Waals surface area contributed by atoms with Gasteiger partial charge >= 0.3 is 0 Å². The number of carbonyl (C=O) groups excluding carboxylic acids is 1. The van der Waals surface area contributed by atoms with Crippen LogP contribution in [0.15, 0.2) is 24.3 Å². The van der Waals surface area contributed by atoms with Gasteiger partial charge in [-0.05, 0) is 36.5 Å². The first kappa shape index (κ1) is 16.5. The summed E-state index contributed by atoms with van der Waals surface area (Å²) in [6.45, 7) is 6.17. The van der Waals surface area contributed by atoms with Crippen LogP contribution >= 0.6 is 0 Å². The van der Waals surface area contributed by atoms with Crippen LogP contribution < -0.4 is 11.1 Å². The summed E-state index contributed by atoms with van der Waals surface area (Å²) in [7, 11) is 0. The van der Waals surface area contributed by atoms with Gasteiger partial charge in [-0.15, -0.1) is 0 Å². The van der Waals surface area contributed by atoms with Crippen LogP contribution in [0.4, 0.5) is 5.69 Å². The van der Waals surface area contributed by atoms with Gasteiger partial charge in [0.1, 0.15) is 0 Å². The molecule has 1 aromatic rings. The zero-order valence-corrected chi connectivity index (χ0v) is 12.6. The third-order valence-corrected chi connectivity index (χ3v) is 3.93. The Morgan fingerprint density at radius 2 is 1.85 bits per heavy atom. The van der Waals surface area contributed by atoms with Crippen LogP contribution in [0, 0.1) is 0 Å². The van der Waals surface area contributed by atoms with E-state index in [2.05, 4.69) is 5.32 Å². The van der Waals surface area contributed by atoms with Crippen molar-refractivity contribution in [3.8, 4) is 0 Å². The zero-order chi connectivity index (χ0) is 15.2. The third kappa shape index (κ3) is 4.85. The fourth-order valence-electron chi connectivity index (χ4n) is 2.06. The lowest BCUT2D eigenvalue weighted by atomic mass is 9.95. The van der Waals surface area contributed by atoms with Crippen LogP contribution in [0.1, 0.15) is 51.5 Å². The van der Waals surface area contributed by atoms with Crippen molar-refractivity contribution in [2.45, 2.75) is 51.6 Å². The van der Waals surface area contributed by atoms with E-state index >= 15 is 0 Å². The van der Waals surface area contributed by atoms with Crippen molar-refractivity contribution in [1.29, 1.82) is 0 Å². The van der Waals surface area contributed by atoms with Crippen LogP contribution in [0.3, 0.4) is 0 Å². The monoisotopic (exact) mass is 278 g/mol. The Balaban J connectivity index is 2.48. The minimum absolute atomic E-state index is 0.0327. The number of rotatable bonds is 7. The maximum atomic E-state index is 11.9. The van der Waals surface area contributed by atoms with Crippen molar-refractivity contribution in [2.24, 2.45) is 0 Å². The molecule has 1 amide bonds. The minimum atomic E-state index is -0.792. The first-order valence-corrected chi connectivity index (χ1v) is 7.24. The number of nitrogen functional groups attached to an aromatic ring is 1. The summed E-state index contributed by atoms with van der Waals surface area (Å²) < 4.78 is 0. The van der Waals surface area contributed by atoms with Gasteiger partial charge < -0.3 is 16.2 Å². The number of aliphatic hydroxyl groups is 1. The summed E-state index contributed by atoms with van der Waals surface area (Å²) in [6.07, 6.45) is 1.68. The topological polar surface area (TPSA) is 75.3 Å². The molecule has 0 aliphatic rings. The lowest BCUT2D eigenvalue weighted by Gasteiger charge is -2.25. The highest BCUT2D eigenvalue weighted by Gasteiger charge is 2.23. The molecular weight excluding hydrogens is 252 g/mol. The second kappa shape index (κ2) is 7.29. The fourth-order valence-corrected chi connectivity index (χ4v) is 2.06. The van der Waals surface area contributed by atoms with Crippen LogP contribution in [0.25, 0.3) is 0 Å². The number of nitrogens with two attached hydrogens (primary N) is 1. The Labute approximate surface area is 121 Å². The van der Waals surface area contributed by atoms with Gasteiger partial charge in [0.05, 0.1) is 5.60 Å². The molecule has 1 aromatic carbocycles. The molecule has 1 atom stereocenters. The molecule has 0 aliphatic carbocycles. The van der Waals surface area contributed by atoms with Crippen molar-refractivity contribution in [3.05, 3.63) is 29.8 Å². The largest absolute Gasteiger partial charge is 0.399 e. The lowest BCUT2D eigenvalue weighted by Crippen LogP contribution is -2.42. The van der Waals surface area contributed by atoms with Gasteiger partial charge in [0.15, 0.2) is 0 Å². The minimum Gasteiger partial charge on any atom is -0.399 e. The molecule has 0 fully saturated rings. The second-order valence-corrected chi connectivity index (χ2v) is 5.48. The fraction of sp³-hybridized carbons (Fsp3) is 0.562. The van der Waals surface area contributed by atoms with Crippen LogP contribution in [-0.4, -0.2) is 23.2 Å². The van der Waals surface area contributed by atoms with Gasteiger partial charge in [-0.2, -0.15) is 0 Å².